The number of hydrogen-bond acceptors (Lipinski definition) is 4. The number of aromatic nitrogens is 3. The Balaban J connectivity index is 2.67. The minimum Gasteiger partial charge on any atom is -0.382 e. The van der Waals surface area contributed by atoms with Crippen LogP contribution in [0.3, 0.4) is 0 Å². The second-order valence-corrected chi connectivity index (χ2v) is 3.41. The lowest BCUT2D eigenvalue weighted by molar-refractivity contribution is 0.100. The number of aryl methyl sites for hydroxylation is 1. The van der Waals surface area contributed by atoms with Gasteiger partial charge in [0.2, 0.25) is 0 Å². The van der Waals surface area contributed by atoms with E-state index in [9.17, 15) is 0 Å². The van der Waals surface area contributed by atoms with Crippen molar-refractivity contribution in [3.05, 3.63) is 11.9 Å². The Morgan fingerprint density at radius 1 is 1.64 bits per heavy atom. The van der Waals surface area contributed by atoms with Gasteiger partial charge in [-0.25, -0.2) is 0 Å². The van der Waals surface area contributed by atoms with Gasteiger partial charge in [0.15, 0.2) is 0 Å². The summed E-state index contributed by atoms with van der Waals surface area (Å²) < 4.78 is 7.01. The van der Waals surface area contributed by atoms with Crippen molar-refractivity contribution in [1.29, 1.82) is 0 Å². The van der Waals surface area contributed by atoms with Crippen LogP contribution in [0.1, 0.15) is 25.1 Å². The number of nitrogens with one attached hydrogen (secondary N) is 1. The minimum atomic E-state index is 0.224. The van der Waals surface area contributed by atoms with E-state index in [0.717, 1.165) is 12.1 Å². The summed E-state index contributed by atoms with van der Waals surface area (Å²) in [6, 6.07) is 0.241. The lowest BCUT2D eigenvalue weighted by Gasteiger charge is -2.19. The molecule has 5 nitrogen and oxygen atoms in total. The van der Waals surface area contributed by atoms with Gasteiger partial charge < -0.3 is 10.1 Å². The van der Waals surface area contributed by atoms with Crippen molar-refractivity contribution >= 4 is 0 Å². The number of hydrogen-bond donors (Lipinski definition) is 1. The van der Waals surface area contributed by atoms with Gasteiger partial charge in [0.25, 0.3) is 0 Å². The summed E-state index contributed by atoms with van der Waals surface area (Å²) in [5, 5.41) is 11.0. The molecule has 1 aromatic heterocycles. The molecule has 0 saturated heterocycles. The van der Waals surface area contributed by atoms with E-state index < -0.39 is 0 Å². The highest BCUT2D eigenvalue weighted by Gasteiger charge is 2.16. The first-order chi connectivity index (χ1) is 6.69. The van der Waals surface area contributed by atoms with Gasteiger partial charge >= 0.3 is 0 Å². The second-order valence-electron chi connectivity index (χ2n) is 3.41. The average molecular weight is 198 g/mol. The summed E-state index contributed by atoms with van der Waals surface area (Å²) in [4.78, 5) is 0. The van der Waals surface area contributed by atoms with Gasteiger partial charge in [-0.3, -0.25) is 4.68 Å². The number of rotatable bonds is 5. The first kappa shape index (κ1) is 11.1. The van der Waals surface area contributed by atoms with E-state index >= 15 is 0 Å². The Morgan fingerprint density at radius 3 is 2.79 bits per heavy atom. The number of ether oxygens (including phenoxy) is 1. The molecule has 2 atom stereocenters. The van der Waals surface area contributed by atoms with E-state index in [4.69, 9.17) is 4.74 Å². The lowest BCUT2D eigenvalue weighted by Crippen LogP contribution is -2.24. The van der Waals surface area contributed by atoms with E-state index in [2.05, 4.69) is 15.6 Å². The highest BCUT2D eigenvalue weighted by Crippen LogP contribution is 2.17. The molecule has 2 unspecified atom stereocenters. The molecular weight excluding hydrogens is 180 g/mol. The molecule has 0 fully saturated rings. The van der Waals surface area contributed by atoms with Crippen molar-refractivity contribution in [2.45, 2.75) is 25.5 Å². The topological polar surface area (TPSA) is 52.0 Å². The highest BCUT2D eigenvalue weighted by atomic mass is 16.5. The highest BCUT2D eigenvalue weighted by molar-refractivity contribution is 5.01. The molecule has 0 aliphatic rings. The van der Waals surface area contributed by atoms with Crippen LogP contribution in [0.25, 0.3) is 0 Å². The molecule has 0 radical (unpaired) electrons. The van der Waals surface area contributed by atoms with Crippen LogP contribution < -0.4 is 5.32 Å². The van der Waals surface area contributed by atoms with Crippen molar-refractivity contribution in [3.8, 4) is 0 Å². The standard InChI is InChI=1S/C9H18N4O/c1-7(14-4)5-8(10-2)9-6-11-12-13(9)3/h6-8,10H,5H2,1-4H3. The largest absolute Gasteiger partial charge is 0.382 e. The Hall–Kier alpha value is -0.940. The first-order valence-corrected chi connectivity index (χ1v) is 4.73. The number of methoxy groups -OCH3 is 1. The number of nitrogens with zero attached hydrogens (tertiary/aromatic N) is 3. The summed E-state index contributed by atoms with van der Waals surface area (Å²) in [6.45, 7) is 2.05. The molecule has 0 aromatic carbocycles. The van der Waals surface area contributed by atoms with Crippen LogP contribution in [0.4, 0.5) is 0 Å². The molecule has 1 heterocycles. The van der Waals surface area contributed by atoms with Gasteiger partial charge in [-0.1, -0.05) is 5.21 Å². The maximum absolute atomic E-state index is 5.23. The Labute approximate surface area is 84.4 Å². The molecule has 0 amide bonds. The monoisotopic (exact) mass is 198 g/mol. The molecule has 80 valence electrons. The van der Waals surface area contributed by atoms with E-state index in [1.54, 1.807) is 18.0 Å². The van der Waals surface area contributed by atoms with Crippen LogP contribution in [0.15, 0.2) is 6.20 Å². The smallest absolute Gasteiger partial charge is 0.0754 e. The molecule has 1 N–H and O–H groups in total. The zero-order chi connectivity index (χ0) is 10.6. The van der Waals surface area contributed by atoms with Crippen LogP contribution in [0.2, 0.25) is 0 Å². The third-order valence-corrected chi connectivity index (χ3v) is 2.42. The molecule has 0 bridgehead atoms. The fourth-order valence-electron chi connectivity index (χ4n) is 1.43. The summed E-state index contributed by atoms with van der Waals surface area (Å²) in [6.07, 6.45) is 2.92. The van der Waals surface area contributed by atoms with Crippen molar-refractivity contribution in [3.63, 3.8) is 0 Å². The van der Waals surface area contributed by atoms with E-state index in [1.807, 2.05) is 21.0 Å². The first-order valence-electron chi connectivity index (χ1n) is 4.73. The van der Waals surface area contributed by atoms with Crippen molar-refractivity contribution < 1.29 is 4.74 Å². The Kier molecular flexibility index (Phi) is 4.03. The Bertz CT molecular complexity index is 274. The van der Waals surface area contributed by atoms with Crippen molar-refractivity contribution in [2.75, 3.05) is 14.2 Å². The molecular formula is C9H18N4O. The lowest BCUT2D eigenvalue weighted by atomic mass is 10.1. The predicted octanol–water partition coefficient (Wildman–Crippen LogP) is 0.501. The van der Waals surface area contributed by atoms with Gasteiger partial charge in [0, 0.05) is 14.2 Å². The molecule has 0 spiro atoms. The third-order valence-electron chi connectivity index (χ3n) is 2.42. The molecule has 5 heteroatoms. The van der Waals surface area contributed by atoms with Crippen molar-refractivity contribution in [1.82, 2.24) is 20.3 Å². The van der Waals surface area contributed by atoms with Gasteiger partial charge in [0.1, 0.15) is 0 Å². The molecule has 14 heavy (non-hydrogen) atoms. The molecule has 1 rings (SSSR count). The van der Waals surface area contributed by atoms with Crippen LogP contribution in [-0.4, -0.2) is 35.3 Å². The zero-order valence-electron chi connectivity index (χ0n) is 9.19. The average Bonchev–Trinajstić information content (AvgIpc) is 2.60. The van der Waals surface area contributed by atoms with Crippen molar-refractivity contribution in [2.24, 2.45) is 7.05 Å². The normalized spacial score (nSPS) is 15.4. The molecule has 0 saturated carbocycles. The summed E-state index contributed by atoms with van der Waals surface area (Å²) in [5.41, 5.74) is 1.08. The summed E-state index contributed by atoms with van der Waals surface area (Å²) in [5.74, 6) is 0. The zero-order valence-corrected chi connectivity index (χ0v) is 9.19. The van der Waals surface area contributed by atoms with Crippen LogP contribution in [0, 0.1) is 0 Å². The van der Waals surface area contributed by atoms with E-state index in [0.29, 0.717) is 0 Å². The minimum absolute atomic E-state index is 0.224. The predicted molar refractivity (Wildman–Crippen MR) is 53.9 cm³/mol. The van der Waals surface area contributed by atoms with E-state index in [-0.39, 0.29) is 12.1 Å². The van der Waals surface area contributed by atoms with Gasteiger partial charge in [-0.15, -0.1) is 5.10 Å². The van der Waals surface area contributed by atoms with Crippen LogP contribution in [-0.2, 0) is 11.8 Å². The fraction of sp³-hybridized carbons (Fsp3) is 0.778. The van der Waals surface area contributed by atoms with Crippen LogP contribution >= 0.6 is 0 Å². The SMILES string of the molecule is CNC(CC(C)OC)c1cnnn1C. The summed E-state index contributed by atoms with van der Waals surface area (Å²) in [7, 11) is 5.54. The van der Waals surface area contributed by atoms with Crippen LogP contribution in [0.5, 0.6) is 0 Å². The molecule has 0 aliphatic heterocycles. The maximum atomic E-state index is 5.23. The summed E-state index contributed by atoms with van der Waals surface area (Å²) >= 11 is 0. The van der Waals surface area contributed by atoms with E-state index in [1.165, 1.54) is 0 Å². The quantitative estimate of drug-likeness (QED) is 0.748. The molecule has 1 aromatic rings. The Morgan fingerprint density at radius 2 is 2.36 bits per heavy atom. The maximum Gasteiger partial charge on any atom is 0.0754 e. The van der Waals surface area contributed by atoms with Gasteiger partial charge in [0.05, 0.1) is 24.0 Å². The van der Waals surface area contributed by atoms with Gasteiger partial charge in [-0.2, -0.15) is 0 Å². The second kappa shape index (κ2) is 5.07. The third kappa shape index (κ3) is 2.52. The fourth-order valence-corrected chi connectivity index (χ4v) is 1.43. The molecule has 0 aliphatic carbocycles. The van der Waals surface area contributed by atoms with Gasteiger partial charge in [-0.05, 0) is 20.4 Å².